The summed E-state index contributed by atoms with van der Waals surface area (Å²) in [4.78, 5) is 0. The van der Waals surface area contributed by atoms with Crippen molar-refractivity contribution < 1.29 is 4.74 Å². The number of thioether (sulfide) groups is 1. The smallest absolute Gasteiger partial charge is 0.0658 e. The maximum atomic E-state index is 5.84. The van der Waals surface area contributed by atoms with E-state index in [2.05, 4.69) is 39.3 Å². The van der Waals surface area contributed by atoms with E-state index >= 15 is 0 Å². The minimum Gasteiger partial charge on any atom is -0.378 e. The molecule has 2 nitrogen and oxygen atoms in total. The second-order valence-corrected chi connectivity index (χ2v) is 6.23. The van der Waals surface area contributed by atoms with E-state index in [4.69, 9.17) is 4.74 Å². The Balaban J connectivity index is 2.50. The SMILES string of the molecule is CCOC1CC(NC(CC)CSC)C1(C)CC. The van der Waals surface area contributed by atoms with Gasteiger partial charge in [-0.25, -0.2) is 0 Å². The lowest BCUT2D eigenvalue weighted by Gasteiger charge is -2.54. The first-order chi connectivity index (χ1) is 8.12. The minimum absolute atomic E-state index is 0.335. The van der Waals surface area contributed by atoms with Gasteiger partial charge in [-0.1, -0.05) is 20.8 Å². The van der Waals surface area contributed by atoms with Gasteiger partial charge < -0.3 is 10.1 Å². The molecule has 0 heterocycles. The monoisotopic (exact) mass is 259 g/mol. The molecular formula is C14H29NOS. The zero-order valence-electron chi connectivity index (χ0n) is 12.1. The Bertz CT molecular complexity index is 224. The Morgan fingerprint density at radius 2 is 2.12 bits per heavy atom. The maximum absolute atomic E-state index is 5.84. The van der Waals surface area contributed by atoms with Crippen molar-refractivity contribution in [3.8, 4) is 0 Å². The lowest BCUT2D eigenvalue weighted by molar-refractivity contribution is -0.127. The second kappa shape index (κ2) is 7.01. The molecule has 1 N–H and O–H groups in total. The van der Waals surface area contributed by atoms with Crippen LogP contribution in [0.25, 0.3) is 0 Å². The van der Waals surface area contributed by atoms with Gasteiger partial charge in [-0.15, -0.1) is 0 Å². The van der Waals surface area contributed by atoms with Gasteiger partial charge in [-0.3, -0.25) is 0 Å². The Morgan fingerprint density at radius 3 is 2.59 bits per heavy atom. The van der Waals surface area contributed by atoms with Crippen LogP contribution in [0.4, 0.5) is 0 Å². The first-order valence-electron chi connectivity index (χ1n) is 6.98. The molecule has 1 rings (SSSR count). The van der Waals surface area contributed by atoms with Crippen molar-refractivity contribution >= 4 is 11.8 Å². The summed E-state index contributed by atoms with van der Waals surface area (Å²) in [6.45, 7) is 9.87. The highest BCUT2D eigenvalue weighted by molar-refractivity contribution is 7.98. The van der Waals surface area contributed by atoms with Gasteiger partial charge in [-0.2, -0.15) is 11.8 Å². The molecule has 102 valence electrons. The third kappa shape index (κ3) is 3.39. The van der Waals surface area contributed by atoms with Crippen molar-refractivity contribution in [2.45, 2.75) is 65.1 Å². The lowest BCUT2D eigenvalue weighted by atomic mass is 9.61. The molecule has 17 heavy (non-hydrogen) atoms. The molecule has 0 aromatic carbocycles. The van der Waals surface area contributed by atoms with E-state index in [1.165, 1.54) is 25.0 Å². The highest BCUT2D eigenvalue weighted by Crippen LogP contribution is 2.46. The summed E-state index contributed by atoms with van der Waals surface area (Å²) in [6.07, 6.45) is 6.25. The fourth-order valence-corrected chi connectivity index (χ4v) is 3.51. The molecule has 0 aliphatic heterocycles. The molecule has 1 fully saturated rings. The quantitative estimate of drug-likeness (QED) is 0.722. The van der Waals surface area contributed by atoms with Crippen LogP contribution in [0.2, 0.25) is 0 Å². The largest absolute Gasteiger partial charge is 0.378 e. The van der Waals surface area contributed by atoms with Gasteiger partial charge in [0, 0.05) is 29.9 Å². The minimum atomic E-state index is 0.335. The third-order valence-corrected chi connectivity index (χ3v) is 5.14. The molecule has 0 bridgehead atoms. The average Bonchev–Trinajstić information content (AvgIpc) is 2.35. The van der Waals surface area contributed by atoms with Crippen molar-refractivity contribution in [3.63, 3.8) is 0 Å². The summed E-state index contributed by atoms with van der Waals surface area (Å²) in [5.74, 6) is 1.21. The van der Waals surface area contributed by atoms with E-state index in [0.29, 0.717) is 23.6 Å². The van der Waals surface area contributed by atoms with E-state index in [1.54, 1.807) is 0 Å². The molecule has 1 aliphatic rings. The van der Waals surface area contributed by atoms with E-state index in [0.717, 1.165) is 6.61 Å². The molecule has 0 saturated heterocycles. The Morgan fingerprint density at radius 1 is 1.41 bits per heavy atom. The zero-order chi connectivity index (χ0) is 12.9. The van der Waals surface area contributed by atoms with Crippen molar-refractivity contribution in [1.29, 1.82) is 0 Å². The van der Waals surface area contributed by atoms with Crippen molar-refractivity contribution in [3.05, 3.63) is 0 Å². The molecule has 1 aliphatic carbocycles. The molecule has 0 amide bonds. The van der Waals surface area contributed by atoms with Crippen LogP contribution < -0.4 is 5.32 Å². The van der Waals surface area contributed by atoms with Gasteiger partial charge >= 0.3 is 0 Å². The molecular weight excluding hydrogens is 230 g/mol. The van der Waals surface area contributed by atoms with Gasteiger partial charge in [0.1, 0.15) is 0 Å². The van der Waals surface area contributed by atoms with Crippen molar-refractivity contribution in [2.24, 2.45) is 5.41 Å². The highest BCUT2D eigenvalue weighted by atomic mass is 32.2. The first kappa shape index (κ1) is 15.3. The molecule has 0 aromatic heterocycles. The van der Waals surface area contributed by atoms with Crippen LogP contribution in [0.15, 0.2) is 0 Å². The lowest BCUT2D eigenvalue weighted by Crippen LogP contribution is -2.64. The van der Waals surface area contributed by atoms with Crippen LogP contribution in [-0.2, 0) is 4.74 Å². The van der Waals surface area contributed by atoms with Crippen LogP contribution >= 0.6 is 11.8 Å². The molecule has 4 unspecified atom stereocenters. The zero-order valence-corrected chi connectivity index (χ0v) is 12.9. The Hall–Kier alpha value is 0.270. The van der Waals surface area contributed by atoms with Crippen LogP contribution in [0.5, 0.6) is 0 Å². The molecule has 0 aromatic rings. The van der Waals surface area contributed by atoms with E-state index in [9.17, 15) is 0 Å². The average molecular weight is 259 g/mol. The van der Waals surface area contributed by atoms with E-state index in [-0.39, 0.29) is 0 Å². The molecule has 3 heteroatoms. The number of hydrogen-bond donors (Lipinski definition) is 1. The summed E-state index contributed by atoms with van der Waals surface area (Å²) in [6, 6.07) is 1.30. The highest BCUT2D eigenvalue weighted by Gasteiger charge is 2.51. The van der Waals surface area contributed by atoms with Crippen LogP contribution in [0, 0.1) is 5.41 Å². The topological polar surface area (TPSA) is 21.3 Å². The fraction of sp³-hybridized carbons (Fsp3) is 1.00. The van der Waals surface area contributed by atoms with Crippen molar-refractivity contribution in [1.82, 2.24) is 5.32 Å². The molecule has 0 radical (unpaired) electrons. The summed E-state index contributed by atoms with van der Waals surface area (Å²) >= 11 is 1.94. The number of ether oxygens (including phenoxy) is 1. The third-order valence-electron chi connectivity index (χ3n) is 4.41. The Kier molecular flexibility index (Phi) is 6.32. The number of nitrogens with one attached hydrogen (secondary N) is 1. The Labute approximate surface area is 111 Å². The summed E-state index contributed by atoms with van der Waals surface area (Å²) in [5, 5.41) is 3.83. The standard InChI is InChI=1S/C14H29NOS/c1-6-11(10-17-5)15-12-9-13(16-8-3)14(12,4)7-2/h11-13,15H,6-10H2,1-5H3. The van der Waals surface area contributed by atoms with Gasteiger partial charge in [0.15, 0.2) is 0 Å². The summed E-state index contributed by atoms with van der Waals surface area (Å²) < 4.78 is 5.84. The van der Waals surface area contributed by atoms with Crippen LogP contribution in [0.1, 0.15) is 47.0 Å². The van der Waals surface area contributed by atoms with Gasteiger partial charge in [-0.05, 0) is 32.4 Å². The number of hydrogen-bond acceptors (Lipinski definition) is 3. The van der Waals surface area contributed by atoms with Crippen molar-refractivity contribution in [2.75, 3.05) is 18.6 Å². The van der Waals surface area contributed by atoms with E-state index in [1.807, 2.05) is 11.8 Å². The molecule has 4 atom stereocenters. The predicted octanol–water partition coefficient (Wildman–Crippen LogP) is 3.31. The maximum Gasteiger partial charge on any atom is 0.0658 e. The first-order valence-corrected chi connectivity index (χ1v) is 8.38. The van der Waals surface area contributed by atoms with Gasteiger partial charge in [0.25, 0.3) is 0 Å². The van der Waals surface area contributed by atoms with Crippen LogP contribution in [-0.4, -0.2) is 36.8 Å². The van der Waals surface area contributed by atoms with Gasteiger partial charge in [0.05, 0.1) is 6.10 Å². The van der Waals surface area contributed by atoms with E-state index < -0.39 is 0 Å². The van der Waals surface area contributed by atoms with Gasteiger partial charge in [0.2, 0.25) is 0 Å². The summed E-state index contributed by atoms with van der Waals surface area (Å²) in [5.41, 5.74) is 0.335. The molecule has 1 saturated carbocycles. The summed E-state index contributed by atoms with van der Waals surface area (Å²) in [7, 11) is 0. The fourth-order valence-electron chi connectivity index (χ4n) is 2.78. The second-order valence-electron chi connectivity index (χ2n) is 5.32. The normalized spacial score (nSPS) is 34.4. The predicted molar refractivity (Wildman–Crippen MR) is 77.8 cm³/mol. The molecule has 0 spiro atoms. The number of rotatable bonds is 8. The van der Waals surface area contributed by atoms with Crippen LogP contribution in [0.3, 0.4) is 0 Å².